The molecule has 2 heterocycles. The highest BCUT2D eigenvalue weighted by atomic mass is 35.5. The van der Waals surface area contributed by atoms with Crippen molar-refractivity contribution in [2.24, 2.45) is 7.05 Å². The van der Waals surface area contributed by atoms with E-state index in [1.54, 1.807) is 42.2 Å². The molecule has 2 amide bonds. The first-order valence-electron chi connectivity index (χ1n) is 10.7. The van der Waals surface area contributed by atoms with Crippen molar-refractivity contribution in [1.29, 1.82) is 0 Å². The largest absolute Gasteiger partial charge is 0.494 e. The lowest BCUT2D eigenvalue weighted by atomic mass is 9.87. The third kappa shape index (κ3) is 4.37. The zero-order valence-corrected chi connectivity index (χ0v) is 21.5. The van der Waals surface area contributed by atoms with Crippen molar-refractivity contribution in [1.82, 2.24) is 0 Å². The summed E-state index contributed by atoms with van der Waals surface area (Å²) in [6.45, 7) is 6.09. The van der Waals surface area contributed by atoms with Gasteiger partial charge in [-0.3, -0.25) is 14.3 Å². The van der Waals surface area contributed by atoms with Crippen LogP contribution in [0.4, 0.5) is 11.4 Å². The lowest BCUT2D eigenvalue weighted by Crippen LogP contribution is -2.34. The van der Waals surface area contributed by atoms with E-state index in [0.29, 0.717) is 5.75 Å². The van der Waals surface area contributed by atoms with Gasteiger partial charge in [0, 0.05) is 6.07 Å². The Bertz CT molecular complexity index is 1460. The number of methoxy groups -OCH3 is 1. The molecule has 35 heavy (non-hydrogen) atoms. The van der Waals surface area contributed by atoms with Gasteiger partial charge in [-0.25, -0.2) is 17.9 Å². The normalized spacial score (nSPS) is 13.7. The minimum Gasteiger partial charge on any atom is -0.494 e. The van der Waals surface area contributed by atoms with Crippen LogP contribution in [0.25, 0.3) is 0 Å². The number of aryl methyl sites for hydroxylation is 1. The number of carbonyl (C=O) groups excluding carboxylic acids is 2. The molecule has 182 valence electrons. The van der Waals surface area contributed by atoms with Crippen molar-refractivity contribution >= 4 is 44.8 Å². The van der Waals surface area contributed by atoms with E-state index in [9.17, 15) is 18.0 Å². The molecular weight excluding hydrogens is 490 g/mol. The number of pyridine rings is 1. The molecule has 4 rings (SSSR count). The number of nitrogens with zero attached hydrogens (tertiary/aromatic N) is 2. The van der Waals surface area contributed by atoms with E-state index in [-0.39, 0.29) is 37.8 Å². The molecule has 3 aromatic rings. The summed E-state index contributed by atoms with van der Waals surface area (Å²) in [4.78, 5) is 27.8. The Labute approximate surface area is 209 Å². The number of hydrogen-bond donors (Lipinski definition) is 1. The second kappa shape index (κ2) is 8.66. The quantitative estimate of drug-likeness (QED) is 0.409. The average molecular weight is 515 g/mol. The maximum Gasteiger partial charge on any atom is 0.268 e. The van der Waals surface area contributed by atoms with Crippen LogP contribution in [0, 0.1) is 0 Å². The van der Waals surface area contributed by atoms with Gasteiger partial charge in [-0.2, -0.15) is 0 Å². The fourth-order valence-corrected chi connectivity index (χ4v) is 5.19. The predicted molar refractivity (Wildman–Crippen MR) is 133 cm³/mol. The number of benzene rings is 2. The molecule has 8 nitrogen and oxygen atoms in total. The summed E-state index contributed by atoms with van der Waals surface area (Å²) in [5, 5.41) is 0.0394. The molecule has 10 heteroatoms. The van der Waals surface area contributed by atoms with Crippen LogP contribution in [0.2, 0.25) is 5.02 Å². The maximum absolute atomic E-state index is 13.5. The summed E-state index contributed by atoms with van der Waals surface area (Å²) in [6, 6.07) is 10.9. The number of imide groups is 1. The number of nitrogens with one attached hydrogen (secondary N) is 1. The number of carbonyl (C=O) groups is 2. The highest BCUT2D eigenvalue weighted by Gasteiger charge is 2.43. The molecule has 0 aliphatic carbocycles. The third-order valence-electron chi connectivity index (χ3n) is 5.76. The van der Waals surface area contributed by atoms with Crippen LogP contribution in [0.15, 0.2) is 59.8 Å². The first kappa shape index (κ1) is 24.7. The molecule has 0 bridgehead atoms. The number of anilines is 2. The van der Waals surface area contributed by atoms with Gasteiger partial charge in [0.15, 0.2) is 23.8 Å². The van der Waals surface area contributed by atoms with Crippen LogP contribution >= 0.6 is 11.6 Å². The molecule has 0 spiro atoms. The van der Waals surface area contributed by atoms with E-state index in [2.05, 4.69) is 4.72 Å². The van der Waals surface area contributed by atoms with Gasteiger partial charge in [0.05, 0.1) is 33.8 Å². The Balaban J connectivity index is 1.77. The van der Waals surface area contributed by atoms with Crippen molar-refractivity contribution < 1.29 is 27.3 Å². The Hall–Kier alpha value is -3.43. The van der Waals surface area contributed by atoms with Gasteiger partial charge in [0.25, 0.3) is 21.8 Å². The zero-order valence-electron chi connectivity index (χ0n) is 19.9. The Morgan fingerprint density at radius 3 is 2.20 bits per heavy atom. The van der Waals surface area contributed by atoms with E-state index >= 15 is 0 Å². The summed E-state index contributed by atoms with van der Waals surface area (Å²) in [7, 11) is -0.897. The van der Waals surface area contributed by atoms with Gasteiger partial charge < -0.3 is 4.74 Å². The van der Waals surface area contributed by atoms with E-state index in [0.717, 1.165) is 10.5 Å². The second-order valence-electron chi connectivity index (χ2n) is 9.23. The summed E-state index contributed by atoms with van der Waals surface area (Å²) in [5.74, 6) is -1.08. The highest BCUT2D eigenvalue weighted by Crippen LogP contribution is 2.40. The van der Waals surface area contributed by atoms with Gasteiger partial charge in [0.1, 0.15) is 7.05 Å². The number of aromatic nitrogens is 1. The Morgan fingerprint density at radius 1 is 0.971 bits per heavy atom. The number of rotatable bonds is 5. The Kier molecular flexibility index (Phi) is 6.11. The molecule has 1 aliphatic heterocycles. The van der Waals surface area contributed by atoms with Crippen molar-refractivity contribution in [3.05, 3.63) is 76.6 Å². The van der Waals surface area contributed by atoms with Gasteiger partial charge in [-0.05, 0) is 35.2 Å². The standard InChI is InChI=1S/C25H24ClN3O5S/c1-25(2,3)15-6-8-16(9-7-15)35(32,33)27-18-11-10-17(26)21-22(18)24(31)29(23(21)30)19-14-28(4)13-12-20(19)34-5/h6-14H,1-5H3/p+1. The number of fused-ring (bicyclic) bond motifs is 1. The van der Waals surface area contributed by atoms with Crippen LogP contribution < -0.4 is 18.9 Å². The maximum atomic E-state index is 13.5. The van der Waals surface area contributed by atoms with Crippen LogP contribution in [-0.4, -0.2) is 27.3 Å². The van der Waals surface area contributed by atoms with Crippen LogP contribution in [0.3, 0.4) is 0 Å². The van der Waals surface area contributed by atoms with Crippen molar-refractivity contribution in [3.8, 4) is 5.75 Å². The summed E-state index contributed by atoms with van der Waals surface area (Å²) in [5.41, 5.74) is 0.818. The summed E-state index contributed by atoms with van der Waals surface area (Å²) in [6.07, 6.45) is 3.27. The van der Waals surface area contributed by atoms with E-state index in [1.807, 2.05) is 20.8 Å². The van der Waals surface area contributed by atoms with Gasteiger partial charge in [-0.1, -0.05) is 44.5 Å². The van der Waals surface area contributed by atoms with Crippen molar-refractivity contribution in [2.45, 2.75) is 31.1 Å². The molecule has 0 radical (unpaired) electrons. The SMILES string of the molecule is COc1cc[n+](C)cc1N1C(=O)c2c(Cl)ccc(NS(=O)(=O)c3ccc(C(C)(C)C)cc3)c2C1=O. The van der Waals surface area contributed by atoms with E-state index < -0.39 is 21.8 Å². The van der Waals surface area contributed by atoms with Crippen LogP contribution in [-0.2, 0) is 22.5 Å². The molecule has 2 aromatic carbocycles. The number of ether oxygens (including phenoxy) is 1. The topological polar surface area (TPSA) is 96.7 Å². The highest BCUT2D eigenvalue weighted by molar-refractivity contribution is 7.92. The molecule has 0 saturated heterocycles. The first-order valence-corrected chi connectivity index (χ1v) is 12.6. The molecule has 0 fully saturated rings. The molecule has 0 atom stereocenters. The van der Waals surface area contributed by atoms with E-state index in [1.165, 1.54) is 31.4 Å². The van der Waals surface area contributed by atoms with E-state index in [4.69, 9.17) is 16.3 Å². The van der Waals surface area contributed by atoms with Crippen LogP contribution in [0.5, 0.6) is 5.75 Å². The smallest absolute Gasteiger partial charge is 0.268 e. The lowest BCUT2D eigenvalue weighted by Gasteiger charge is -2.19. The third-order valence-corrected chi connectivity index (χ3v) is 7.46. The minimum absolute atomic E-state index is 0.0274. The van der Waals surface area contributed by atoms with Gasteiger partial charge >= 0.3 is 0 Å². The molecule has 1 aliphatic rings. The number of sulfonamides is 1. The number of amides is 2. The second-order valence-corrected chi connectivity index (χ2v) is 11.3. The molecular formula is C25H25ClN3O5S+. The molecule has 1 aromatic heterocycles. The fraction of sp³-hybridized carbons (Fsp3) is 0.240. The molecule has 0 saturated carbocycles. The van der Waals surface area contributed by atoms with Crippen LogP contribution in [0.1, 0.15) is 47.1 Å². The van der Waals surface area contributed by atoms with Gasteiger partial charge in [-0.15, -0.1) is 0 Å². The Morgan fingerprint density at radius 2 is 1.60 bits per heavy atom. The molecule has 0 unspecified atom stereocenters. The summed E-state index contributed by atoms with van der Waals surface area (Å²) < 4.78 is 35.8. The lowest BCUT2D eigenvalue weighted by molar-refractivity contribution is -0.670. The van der Waals surface area contributed by atoms with Crippen molar-refractivity contribution in [2.75, 3.05) is 16.7 Å². The summed E-state index contributed by atoms with van der Waals surface area (Å²) >= 11 is 6.29. The monoisotopic (exact) mass is 514 g/mol. The van der Waals surface area contributed by atoms with Crippen molar-refractivity contribution in [3.63, 3.8) is 0 Å². The fourth-order valence-electron chi connectivity index (χ4n) is 3.88. The average Bonchev–Trinajstić information content (AvgIpc) is 3.06. The first-order chi connectivity index (χ1) is 16.3. The van der Waals surface area contributed by atoms with Gasteiger partial charge in [0.2, 0.25) is 0 Å². The number of halogens is 1. The zero-order chi connectivity index (χ0) is 25.7. The minimum atomic E-state index is -4.06. The predicted octanol–water partition coefficient (Wildman–Crippen LogP) is 4.07. The molecule has 1 N–H and O–H groups in total. The number of hydrogen-bond acceptors (Lipinski definition) is 5.